The molecule has 0 bridgehead atoms. The second-order valence-corrected chi connectivity index (χ2v) is 5.12. The van der Waals surface area contributed by atoms with E-state index in [-0.39, 0.29) is 0 Å². The zero-order valence-electron chi connectivity index (χ0n) is 11.7. The SMILES string of the molecule is COCCNCc1ccc(OCC2CCCC2)cn1. The molecule has 1 saturated carbocycles. The zero-order chi connectivity index (χ0) is 13.3. The standard InChI is InChI=1S/C15H24N2O2/c1-18-9-8-16-10-14-6-7-15(11-17-14)19-12-13-4-2-3-5-13/h6-7,11,13,16H,2-5,8-10,12H2,1H3. The number of aromatic nitrogens is 1. The van der Waals surface area contributed by atoms with Crippen molar-refractivity contribution in [3.05, 3.63) is 24.0 Å². The van der Waals surface area contributed by atoms with Gasteiger partial charge in [0.25, 0.3) is 0 Å². The lowest BCUT2D eigenvalue weighted by molar-refractivity contribution is 0.199. The molecular formula is C15H24N2O2. The van der Waals surface area contributed by atoms with Gasteiger partial charge in [-0.1, -0.05) is 12.8 Å². The number of pyridine rings is 1. The molecule has 106 valence electrons. The van der Waals surface area contributed by atoms with Crippen LogP contribution in [-0.4, -0.2) is 31.9 Å². The van der Waals surface area contributed by atoms with Crippen molar-refractivity contribution in [3.63, 3.8) is 0 Å². The first kappa shape index (κ1) is 14.3. The lowest BCUT2D eigenvalue weighted by Gasteiger charge is -2.11. The van der Waals surface area contributed by atoms with Crippen molar-refractivity contribution in [2.75, 3.05) is 26.9 Å². The van der Waals surface area contributed by atoms with E-state index >= 15 is 0 Å². The highest BCUT2D eigenvalue weighted by atomic mass is 16.5. The van der Waals surface area contributed by atoms with Crippen LogP contribution in [-0.2, 0) is 11.3 Å². The largest absolute Gasteiger partial charge is 0.492 e. The van der Waals surface area contributed by atoms with Crippen LogP contribution in [0.5, 0.6) is 5.75 Å². The highest BCUT2D eigenvalue weighted by molar-refractivity contribution is 5.19. The van der Waals surface area contributed by atoms with Crippen molar-refractivity contribution < 1.29 is 9.47 Å². The molecule has 19 heavy (non-hydrogen) atoms. The topological polar surface area (TPSA) is 43.4 Å². The molecule has 1 aliphatic carbocycles. The summed E-state index contributed by atoms with van der Waals surface area (Å²) in [5.74, 6) is 1.63. The maximum Gasteiger partial charge on any atom is 0.137 e. The van der Waals surface area contributed by atoms with Gasteiger partial charge < -0.3 is 14.8 Å². The third-order valence-electron chi connectivity index (χ3n) is 3.55. The van der Waals surface area contributed by atoms with Crippen LogP contribution in [0.4, 0.5) is 0 Å². The highest BCUT2D eigenvalue weighted by Crippen LogP contribution is 2.25. The van der Waals surface area contributed by atoms with E-state index in [1.54, 1.807) is 7.11 Å². The van der Waals surface area contributed by atoms with Crippen molar-refractivity contribution in [2.24, 2.45) is 5.92 Å². The molecule has 0 aliphatic heterocycles. The number of hydrogen-bond donors (Lipinski definition) is 1. The van der Waals surface area contributed by atoms with Crippen LogP contribution >= 0.6 is 0 Å². The summed E-state index contributed by atoms with van der Waals surface area (Å²) in [6.07, 6.45) is 7.17. The van der Waals surface area contributed by atoms with Crippen molar-refractivity contribution in [3.8, 4) is 5.75 Å². The van der Waals surface area contributed by atoms with E-state index in [0.717, 1.165) is 43.7 Å². The fourth-order valence-electron chi connectivity index (χ4n) is 2.38. The summed E-state index contributed by atoms with van der Waals surface area (Å²) in [7, 11) is 1.70. The molecule has 0 amide bonds. The molecule has 0 unspecified atom stereocenters. The summed E-state index contributed by atoms with van der Waals surface area (Å²) >= 11 is 0. The smallest absolute Gasteiger partial charge is 0.137 e. The predicted octanol–water partition coefficient (Wildman–Crippen LogP) is 2.39. The first-order valence-electron chi connectivity index (χ1n) is 7.16. The van der Waals surface area contributed by atoms with E-state index in [1.165, 1.54) is 25.7 Å². The second kappa shape index (κ2) is 8.12. The maximum atomic E-state index is 5.79. The quantitative estimate of drug-likeness (QED) is 0.732. The predicted molar refractivity (Wildman–Crippen MR) is 75.3 cm³/mol. The van der Waals surface area contributed by atoms with E-state index in [9.17, 15) is 0 Å². The van der Waals surface area contributed by atoms with E-state index < -0.39 is 0 Å². The fraction of sp³-hybridized carbons (Fsp3) is 0.667. The van der Waals surface area contributed by atoms with E-state index in [1.807, 2.05) is 18.3 Å². The fourth-order valence-corrected chi connectivity index (χ4v) is 2.38. The Balaban J connectivity index is 1.68. The molecule has 0 aromatic carbocycles. The Labute approximate surface area is 115 Å². The Morgan fingerprint density at radius 1 is 1.32 bits per heavy atom. The van der Waals surface area contributed by atoms with E-state index in [4.69, 9.17) is 9.47 Å². The Morgan fingerprint density at radius 2 is 2.16 bits per heavy atom. The minimum absolute atomic E-state index is 0.725. The van der Waals surface area contributed by atoms with Crippen molar-refractivity contribution in [1.82, 2.24) is 10.3 Å². The Morgan fingerprint density at radius 3 is 2.84 bits per heavy atom. The van der Waals surface area contributed by atoms with Gasteiger partial charge in [0, 0.05) is 20.2 Å². The molecule has 2 rings (SSSR count). The average molecular weight is 264 g/mol. The Hall–Kier alpha value is -1.13. The molecule has 0 atom stereocenters. The molecule has 1 aromatic heterocycles. The molecule has 1 aliphatic rings. The summed E-state index contributed by atoms with van der Waals surface area (Å²) in [4.78, 5) is 4.39. The third-order valence-corrected chi connectivity index (χ3v) is 3.55. The van der Waals surface area contributed by atoms with Crippen LogP contribution in [0.25, 0.3) is 0 Å². The van der Waals surface area contributed by atoms with Gasteiger partial charge in [-0.2, -0.15) is 0 Å². The van der Waals surface area contributed by atoms with Crippen molar-refractivity contribution >= 4 is 0 Å². The summed E-state index contributed by atoms with van der Waals surface area (Å²) in [6, 6.07) is 4.03. The molecule has 1 fully saturated rings. The number of nitrogens with zero attached hydrogens (tertiary/aromatic N) is 1. The van der Waals surface area contributed by atoms with Crippen LogP contribution in [0, 0.1) is 5.92 Å². The Kier molecular flexibility index (Phi) is 6.11. The maximum absolute atomic E-state index is 5.79. The minimum atomic E-state index is 0.725. The first-order valence-corrected chi connectivity index (χ1v) is 7.16. The van der Waals surface area contributed by atoms with Gasteiger partial charge in [-0.3, -0.25) is 4.98 Å². The molecule has 4 nitrogen and oxygen atoms in total. The van der Waals surface area contributed by atoms with E-state index in [2.05, 4.69) is 10.3 Å². The first-order chi connectivity index (χ1) is 9.38. The van der Waals surface area contributed by atoms with Gasteiger partial charge in [0.2, 0.25) is 0 Å². The number of methoxy groups -OCH3 is 1. The lowest BCUT2D eigenvalue weighted by Crippen LogP contribution is -2.19. The van der Waals surface area contributed by atoms with Crippen molar-refractivity contribution in [1.29, 1.82) is 0 Å². The van der Waals surface area contributed by atoms with Gasteiger partial charge in [-0.25, -0.2) is 0 Å². The van der Waals surface area contributed by atoms with Crippen LogP contribution in [0.1, 0.15) is 31.4 Å². The van der Waals surface area contributed by atoms with Gasteiger partial charge in [0.15, 0.2) is 0 Å². The minimum Gasteiger partial charge on any atom is -0.492 e. The summed E-state index contributed by atoms with van der Waals surface area (Å²) in [5, 5.41) is 3.27. The lowest BCUT2D eigenvalue weighted by atomic mass is 10.1. The van der Waals surface area contributed by atoms with Crippen molar-refractivity contribution in [2.45, 2.75) is 32.2 Å². The van der Waals surface area contributed by atoms with E-state index in [0.29, 0.717) is 0 Å². The summed E-state index contributed by atoms with van der Waals surface area (Å²) < 4.78 is 10.8. The van der Waals surface area contributed by atoms with Gasteiger partial charge in [-0.15, -0.1) is 0 Å². The normalized spacial score (nSPS) is 15.8. The number of rotatable bonds is 8. The monoisotopic (exact) mass is 264 g/mol. The number of hydrogen-bond acceptors (Lipinski definition) is 4. The molecule has 1 heterocycles. The van der Waals surface area contributed by atoms with Gasteiger partial charge in [0.1, 0.15) is 5.75 Å². The van der Waals surface area contributed by atoms with Gasteiger partial charge in [-0.05, 0) is 30.9 Å². The van der Waals surface area contributed by atoms with Gasteiger partial charge in [0.05, 0.1) is 25.1 Å². The van der Waals surface area contributed by atoms with Crippen LogP contribution in [0.3, 0.4) is 0 Å². The molecule has 4 heteroatoms. The molecule has 0 saturated heterocycles. The summed E-state index contributed by atoms with van der Waals surface area (Å²) in [5.41, 5.74) is 1.03. The summed E-state index contributed by atoms with van der Waals surface area (Å²) in [6.45, 7) is 3.18. The highest BCUT2D eigenvalue weighted by Gasteiger charge is 2.15. The van der Waals surface area contributed by atoms with Gasteiger partial charge >= 0.3 is 0 Å². The molecule has 0 radical (unpaired) electrons. The van der Waals surface area contributed by atoms with Crippen LogP contribution in [0.2, 0.25) is 0 Å². The van der Waals surface area contributed by atoms with Crippen LogP contribution in [0.15, 0.2) is 18.3 Å². The molecular weight excluding hydrogens is 240 g/mol. The average Bonchev–Trinajstić information content (AvgIpc) is 2.96. The number of ether oxygens (including phenoxy) is 2. The third kappa shape index (κ3) is 5.17. The Bertz CT molecular complexity index is 348. The zero-order valence-corrected chi connectivity index (χ0v) is 11.7. The molecule has 1 N–H and O–H groups in total. The number of nitrogens with one attached hydrogen (secondary N) is 1. The molecule has 1 aromatic rings. The molecule has 0 spiro atoms. The van der Waals surface area contributed by atoms with Crippen LogP contribution < -0.4 is 10.1 Å². The second-order valence-electron chi connectivity index (χ2n) is 5.12.